The first kappa shape index (κ1) is 15.8. The SMILES string of the molecule is COCC(C)Nc1nc(-c2cccc(C(F)(F)F)c2)cs1. The third-order valence-electron chi connectivity index (χ3n) is 2.78. The van der Waals surface area contributed by atoms with Crippen molar-refractivity contribution in [3.8, 4) is 11.3 Å². The fourth-order valence-corrected chi connectivity index (χ4v) is 2.66. The van der Waals surface area contributed by atoms with Gasteiger partial charge in [-0.15, -0.1) is 11.3 Å². The van der Waals surface area contributed by atoms with Crippen molar-refractivity contribution in [3.05, 3.63) is 35.2 Å². The van der Waals surface area contributed by atoms with Gasteiger partial charge < -0.3 is 10.1 Å². The standard InChI is InChI=1S/C14H15F3N2OS/c1-9(7-20-2)18-13-19-12(8-21-13)10-4-3-5-11(6-10)14(15,16)17/h3-6,8-9H,7H2,1-2H3,(H,18,19). The monoisotopic (exact) mass is 316 g/mol. The van der Waals surface area contributed by atoms with Crippen LogP contribution in [0.15, 0.2) is 29.6 Å². The van der Waals surface area contributed by atoms with Gasteiger partial charge >= 0.3 is 6.18 Å². The van der Waals surface area contributed by atoms with Crippen molar-refractivity contribution in [1.82, 2.24) is 4.98 Å². The van der Waals surface area contributed by atoms with Gasteiger partial charge in [-0.1, -0.05) is 12.1 Å². The molecule has 0 aliphatic carbocycles. The van der Waals surface area contributed by atoms with Crippen molar-refractivity contribution in [2.24, 2.45) is 0 Å². The Labute approximate surface area is 124 Å². The summed E-state index contributed by atoms with van der Waals surface area (Å²) in [6, 6.07) is 5.24. The van der Waals surface area contributed by atoms with Crippen LogP contribution in [-0.4, -0.2) is 24.7 Å². The van der Waals surface area contributed by atoms with E-state index in [1.54, 1.807) is 18.6 Å². The molecule has 1 aromatic carbocycles. The first-order chi connectivity index (χ1) is 9.90. The molecular weight excluding hydrogens is 301 g/mol. The fourth-order valence-electron chi connectivity index (χ4n) is 1.83. The average molecular weight is 316 g/mol. The molecule has 3 nitrogen and oxygen atoms in total. The van der Waals surface area contributed by atoms with Crippen molar-refractivity contribution in [1.29, 1.82) is 0 Å². The summed E-state index contributed by atoms with van der Waals surface area (Å²) in [5.74, 6) is 0. The molecule has 7 heteroatoms. The van der Waals surface area contributed by atoms with E-state index in [0.717, 1.165) is 12.1 Å². The normalized spacial score (nSPS) is 13.2. The maximum absolute atomic E-state index is 12.7. The van der Waals surface area contributed by atoms with Crippen LogP contribution in [0.2, 0.25) is 0 Å². The van der Waals surface area contributed by atoms with Gasteiger partial charge in [0.25, 0.3) is 0 Å². The van der Waals surface area contributed by atoms with E-state index in [2.05, 4.69) is 10.3 Å². The number of hydrogen-bond donors (Lipinski definition) is 1. The summed E-state index contributed by atoms with van der Waals surface area (Å²) in [5, 5.41) is 5.53. The zero-order valence-corrected chi connectivity index (χ0v) is 12.4. The Kier molecular flexibility index (Phi) is 4.84. The van der Waals surface area contributed by atoms with Gasteiger partial charge in [0.2, 0.25) is 0 Å². The van der Waals surface area contributed by atoms with Crippen LogP contribution in [0.5, 0.6) is 0 Å². The molecule has 2 rings (SSSR count). The van der Waals surface area contributed by atoms with Crippen LogP contribution in [0.4, 0.5) is 18.3 Å². The van der Waals surface area contributed by atoms with Gasteiger partial charge in [-0.25, -0.2) is 4.98 Å². The molecule has 0 saturated carbocycles. The van der Waals surface area contributed by atoms with Crippen molar-refractivity contribution in [3.63, 3.8) is 0 Å². The average Bonchev–Trinajstić information content (AvgIpc) is 2.86. The number of rotatable bonds is 5. The van der Waals surface area contributed by atoms with E-state index < -0.39 is 11.7 Å². The summed E-state index contributed by atoms with van der Waals surface area (Å²) in [6.45, 7) is 2.47. The summed E-state index contributed by atoms with van der Waals surface area (Å²) in [4.78, 5) is 4.31. The molecule has 1 atom stereocenters. The van der Waals surface area contributed by atoms with E-state index in [9.17, 15) is 13.2 Å². The minimum absolute atomic E-state index is 0.0792. The number of halogens is 3. The van der Waals surface area contributed by atoms with E-state index in [-0.39, 0.29) is 6.04 Å². The molecule has 0 bridgehead atoms. The Morgan fingerprint density at radius 1 is 1.38 bits per heavy atom. The lowest BCUT2D eigenvalue weighted by molar-refractivity contribution is -0.137. The first-order valence-corrected chi connectivity index (χ1v) is 7.16. The first-order valence-electron chi connectivity index (χ1n) is 6.29. The van der Waals surface area contributed by atoms with Gasteiger partial charge in [0.1, 0.15) is 0 Å². The Morgan fingerprint density at radius 2 is 2.14 bits per heavy atom. The maximum Gasteiger partial charge on any atom is 0.416 e. The molecule has 0 saturated heterocycles. The lowest BCUT2D eigenvalue weighted by Gasteiger charge is -2.10. The summed E-state index contributed by atoms with van der Waals surface area (Å²) < 4.78 is 43.1. The van der Waals surface area contributed by atoms with Gasteiger partial charge in [-0.05, 0) is 19.1 Å². The quantitative estimate of drug-likeness (QED) is 0.894. The molecule has 0 spiro atoms. The lowest BCUT2D eigenvalue weighted by atomic mass is 10.1. The molecular formula is C14H15F3N2OS. The number of nitrogens with one attached hydrogen (secondary N) is 1. The summed E-state index contributed by atoms with van der Waals surface area (Å²) in [5.41, 5.74) is 0.307. The third kappa shape index (κ3) is 4.18. The highest BCUT2D eigenvalue weighted by atomic mass is 32.1. The Bertz CT molecular complexity index is 598. The molecule has 0 amide bonds. The highest BCUT2D eigenvalue weighted by Gasteiger charge is 2.30. The van der Waals surface area contributed by atoms with Crippen LogP contribution in [0.25, 0.3) is 11.3 Å². The summed E-state index contributed by atoms with van der Waals surface area (Å²) in [7, 11) is 1.61. The second-order valence-corrected chi connectivity index (χ2v) is 5.48. The maximum atomic E-state index is 12.7. The number of anilines is 1. The van der Waals surface area contributed by atoms with Crippen molar-refractivity contribution in [2.45, 2.75) is 19.1 Å². The molecule has 1 aromatic heterocycles. The number of hydrogen-bond acceptors (Lipinski definition) is 4. The van der Waals surface area contributed by atoms with Gasteiger partial charge in [0, 0.05) is 24.1 Å². The van der Waals surface area contributed by atoms with Crippen LogP contribution < -0.4 is 5.32 Å². The van der Waals surface area contributed by atoms with Crippen molar-refractivity contribution < 1.29 is 17.9 Å². The predicted octanol–water partition coefficient (Wildman–Crippen LogP) is 4.28. The van der Waals surface area contributed by atoms with Crippen molar-refractivity contribution >= 4 is 16.5 Å². The van der Waals surface area contributed by atoms with E-state index in [1.807, 2.05) is 6.92 Å². The summed E-state index contributed by atoms with van der Waals surface area (Å²) >= 11 is 1.35. The largest absolute Gasteiger partial charge is 0.416 e. The second-order valence-electron chi connectivity index (χ2n) is 4.62. The molecule has 0 radical (unpaired) electrons. The van der Waals surface area contributed by atoms with Crippen LogP contribution in [0, 0.1) is 0 Å². The van der Waals surface area contributed by atoms with Crippen LogP contribution in [-0.2, 0) is 10.9 Å². The highest BCUT2D eigenvalue weighted by molar-refractivity contribution is 7.14. The molecule has 2 aromatic rings. The highest BCUT2D eigenvalue weighted by Crippen LogP contribution is 2.33. The van der Waals surface area contributed by atoms with Gasteiger partial charge in [0.15, 0.2) is 5.13 Å². The minimum atomic E-state index is -4.35. The molecule has 1 heterocycles. The van der Waals surface area contributed by atoms with Gasteiger partial charge in [-0.3, -0.25) is 0 Å². The van der Waals surface area contributed by atoms with Crippen LogP contribution in [0.1, 0.15) is 12.5 Å². The molecule has 0 aliphatic rings. The Hall–Kier alpha value is -1.60. The number of thiazole rings is 1. The molecule has 114 valence electrons. The number of methoxy groups -OCH3 is 1. The minimum Gasteiger partial charge on any atom is -0.383 e. The zero-order valence-electron chi connectivity index (χ0n) is 11.6. The molecule has 1 N–H and O–H groups in total. The van der Waals surface area contributed by atoms with E-state index in [1.165, 1.54) is 17.4 Å². The number of aromatic nitrogens is 1. The van der Waals surface area contributed by atoms with Crippen LogP contribution >= 0.6 is 11.3 Å². The Balaban J connectivity index is 2.18. The fraction of sp³-hybridized carbons (Fsp3) is 0.357. The predicted molar refractivity (Wildman–Crippen MR) is 77.5 cm³/mol. The summed E-state index contributed by atoms with van der Waals surface area (Å²) in [6.07, 6.45) is -4.35. The number of benzene rings is 1. The molecule has 0 fully saturated rings. The second kappa shape index (κ2) is 6.44. The van der Waals surface area contributed by atoms with E-state index in [0.29, 0.717) is 23.0 Å². The van der Waals surface area contributed by atoms with E-state index in [4.69, 9.17) is 4.74 Å². The molecule has 0 aliphatic heterocycles. The third-order valence-corrected chi connectivity index (χ3v) is 3.55. The topological polar surface area (TPSA) is 34.1 Å². The lowest BCUT2D eigenvalue weighted by Crippen LogP contribution is -2.20. The number of ether oxygens (including phenoxy) is 1. The van der Waals surface area contributed by atoms with Crippen LogP contribution in [0.3, 0.4) is 0 Å². The number of nitrogens with zero attached hydrogens (tertiary/aromatic N) is 1. The van der Waals surface area contributed by atoms with Crippen molar-refractivity contribution in [2.75, 3.05) is 19.0 Å². The van der Waals surface area contributed by atoms with Gasteiger partial charge in [-0.2, -0.15) is 13.2 Å². The molecule has 1 unspecified atom stereocenters. The Morgan fingerprint density at radius 3 is 2.81 bits per heavy atom. The van der Waals surface area contributed by atoms with Gasteiger partial charge in [0.05, 0.1) is 17.9 Å². The smallest absolute Gasteiger partial charge is 0.383 e. The number of alkyl halides is 3. The van der Waals surface area contributed by atoms with E-state index >= 15 is 0 Å². The molecule has 21 heavy (non-hydrogen) atoms. The zero-order chi connectivity index (χ0) is 15.5.